The molecule has 0 saturated heterocycles. The molecule has 1 N–H and O–H groups in total. The lowest BCUT2D eigenvalue weighted by Gasteiger charge is -2.16. The van der Waals surface area contributed by atoms with Gasteiger partial charge in [0, 0.05) is 12.1 Å². The Bertz CT molecular complexity index is 660. The van der Waals surface area contributed by atoms with Gasteiger partial charge in [0.1, 0.15) is 0 Å². The molecule has 1 amide bonds. The van der Waals surface area contributed by atoms with Crippen molar-refractivity contribution < 1.29 is 4.79 Å². The number of fused-ring (bicyclic) bond motifs is 1. The summed E-state index contributed by atoms with van der Waals surface area (Å²) in [5, 5.41) is 3.01. The van der Waals surface area contributed by atoms with E-state index in [1.807, 2.05) is 18.2 Å². The Morgan fingerprint density at radius 3 is 2.67 bits per heavy atom. The number of hydrogen-bond donors (Lipinski definition) is 1. The van der Waals surface area contributed by atoms with Crippen molar-refractivity contribution in [2.75, 3.05) is 0 Å². The molecule has 0 fully saturated rings. The van der Waals surface area contributed by atoms with E-state index in [1.165, 1.54) is 29.5 Å². The molecule has 2 aromatic rings. The Balaban J connectivity index is 1.68. The van der Waals surface area contributed by atoms with E-state index in [0.717, 1.165) is 24.0 Å². The number of aryl methyl sites for hydroxylation is 3. The van der Waals surface area contributed by atoms with Gasteiger partial charge in [0.2, 0.25) is 0 Å². The van der Waals surface area contributed by atoms with Crippen LogP contribution in [0.3, 0.4) is 0 Å². The van der Waals surface area contributed by atoms with Crippen LogP contribution >= 0.6 is 0 Å². The smallest absolute Gasteiger partial charge is 0.251 e. The lowest BCUT2D eigenvalue weighted by Crippen LogP contribution is -2.23. The maximum atomic E-state index is 12.3. The molecular formula is C19H21NO. The van der Waals surface area contributed by atoms with Crippen molar-refractivity contribution >= 4 is 5.91 Å². The first-order valence-electron chi connectivity index (χ1n) is 7.68. The first kappa shape index (κ1) is 13.9. The SMILES string of the molecule is Cc1cccc(CNC(=O)c2ccc3c(c2)CCCC3)c1. The lowest BCUT2D eigenvalue weighted by atomic mass is 9.90. The van der Waals surface area contributed by atoms with Crippen LogP contribution in [-0.2, 0) is 19.4 Å². The second kappa shape index (κ2) is 6.13. The van der Waals surface area contributed by atoms with Gasteiger partial charge in [-0.2, -0.15) is 0 Å². The highest BCUT2D eigenvalue weighted by molar-refractivity contribution is 5.94. The minimum absolute atomic E-state index is 0.0184. The van der Waals surface area contributed by atoms with Crippen LogP contribution < -0.4 is 5.32 Å². The number of carbonyl (C=O) groups is 1. The highest BCUT2D eigenvalue weighted by Crippen LogP contribution is 2.22. The molecule has 0 heterocycles. The third-order valence-corrected chi connectivity index (χ3v) is 4.15. The number of hydrogen-bond acceptors (Lipinski definition) is 1. The third kappa shape index (κ3) is 3.33. The zero-order chi connectivity index (χ0) is 14.7. The minimum atomic E-state index is 0.0184. The van der Waals surface area contributed by atoms with Crippen molar-refractivity contribution in [2.45, 2.75) is 39.2 Å². The molecule has 2 aromatic carbocycles. The normalized spacial score (nSPS) is 13.6. The quantitative estimate of drug-likeness (QED) is 0.909. The summed E-state index contributed by atoms with van der Waals surface area (Å²) in [5.74, 6) is 0.0184. The van der Waals surface area contributed by atoms with E-state index in [4.69, 9.17) is 0 Å². The molecule has 0 bridgehead atoms. The number of amides is 1. The molecule has 0 spiro atoms. The van der Waals surface area contributed by atoms with E-state index in [9.17, 15) is 4.79 Å². The molecule has 2 nitrogen and oxygen atoms in total. The first-order valence-corrected chi connectivity index (χ1v) is 7.68. The number of carbonyl (C=O) groups excluding carboxylic acids is 1. The molecule has 0 unspecified atom stereocenters. The summed E-state index contributed by atoms with van der Waals surface area (Å²) in [7, 11) is 0. The zero-order valence-corrected chi connectivity index (χ0v) is 12.5. The Hall–Kier alpha value is -2.09. The monoisotopic (exact) mass is 279 g/mol. The average Bonchev–Trinajstić information content (AvgIpc) is 2.52. The fraction of sp³-hybridized carbons (Fsp3) is 0.316. The van der Waals surface area contributed by atoms with Crippen molar-refractivity contribution in [3.05, 3.63) is 70.3 Å². The number of rotatable bonds is 3. The third-order valence-electron chi connectivity index (χ3n) is 4.15. The maximum Gasteiger partial charge on any atom is 0.251 e. The Kier molecular flexibility index (Phi) is 4.05. The molecule has 0 aromatic heterocycles. The molecular weight excluding hydrogens is 258 g/mol. The van der Waals surface area contributed by atoms with Gasteiger partial charge in [-0.3, -0.25) is 4.79 Å². The molecule has 2 heteroatoms. The van der Waals surface area contributed by atoms with Crippen molar-refractivity contribution in [3.63, 3.8) is 0 Å². The summed E-state index contributed by atoms with van der Waals surface area (Å²) in [6.07, 6.45) is 4.77. The van der Waals surface area contributed by atoms with Gasteiger partial charge in [-0.05, 0) is 61.4 Å². The lowest BCUT2D eigenvalue weighted by molar-refractivity contribution is 0.0951. The molecule has 0 radical (unpaired) electrons. The maximum absolute atomic E-state index is 12.3. The molecule has 1 aliphatic rings. The molecule has 0 atom stereocenters. The van der Waals surface area contributed by atoms with E-state index in [-0.39, 0.29) is 5.91 Å². The van der Waals surface area contributed by atoms with Gasteiger partial charge in [0.15, 0.2) is 0 Å². The standard InChI is InChI=1S/C19H21NO/c1-14-5-4-6-15(11-14)13-20-19(21)18-10-9-16-7-2-3-8-17(16)12-18/h4-6,9-12H,2-3,7-8,13H2,1H3,(H,20,21). The van der Waals surface area contributed by atoms with Gasteiger partial charge in [0.05, 0.1) is 0 Å². The van der Waals surface area contributed by atoms with E-state index < -0.39 is 0 Å². The molecule has 3 rings (SSSR count). The van der Waals surface area contributed by atoms with Crippen molar-refractivity contribution in [2.24, 2.45) is 0 Å². The highest BCUT2D eigenvalue weighted by atomic mass is 16.1. The average molecular weight is 279 g/mol. The van der Waals surface area contributed by atoms with E-state index in [1.54, 1.807) is 0 Å². The van der Waals surface area contributed by atoms with Gasteiger partial charge >= 0.3 is 0 Å². The van der Waals surface area contributed by atoms with Crippen molar-refractivity contribution in [1.82, 2.24) is 5.32 Å². The molecule has 108 valence electrons. The van der Waals surface area contributed by atoms with Crippen LogP contribution in [0.2, 0.25) is 0 Å². The van der Waals surface area contributed by atoms with Gasteiger partial charge in [-0.15, -0.1) is 0 Å². The van der Waals surface area contributed by atoms with Gasteiger partial charge in [-0.1, -0.05) is 35.9 Å². The van der Waals surface area contributed by atoms with E-state index in [2.05, 4.69) is 36.5 Å². The van der Waals surface area contributed by atoms with Crippen LogP contribution in [0.15, 0.2) is 42.5 Å². The fourth-order valence-corrected chi connectivity index (χ4v) is 2.98. The molecule has 1 aliphatic carbocycles. The van der Waals surface area contributed by atoms with Gasteiger partial charge < -0.3 is 5.32 Å². The van der Waals surface area contributed by atoms with Crippen LogP contribution in [0.5, 0.6) is 0 Å². The largest absolute Gasteiger partial charge is 0.348 e. The predicted molar refractivity (Wildman–Crippen MR) is 85.4 cm³/mol. The topological polar surface area (TPSA) is 29.1 Å². The van der Waals surface area contributed by atoms with Crippen LogP contribution in [0.1, 0.15) is 45.5 Å². The Labute approximate surface area is 126 Å². The molecule has 0 aliphatic heterocycles. The second-order valence-electron chi connectivity index (χ2n) is 5.86. The zero-order valence-electron chi connectivity index (χ0n) is 12.5. The van der Waals surface area contributed by atoms with E-state index in [0.29, 0.717) is 6.54 Å². The van der Waals surface area contributed by atoms with Crippen molar-refractivity contribution in [1.29, 1.82) is 0 Å². The predicted octanol–water partition coefficient (Wildman–Crippen LogP) is 3.80. The summed E-state index contributed by atoms with van der Waals surface area (Å²) in [4.78, 5) is 12.3. The Morgan fingerprint density at radius 1 is 1.05 bits per heavy atom. The van der Waals surface area contributed by atoms with Gasteiger partial charge in [0.25, 0.3) is 5.91 Å². The summed E-state index contributed by atoms with van der Waals surface area (Å²) in [6, 6.07) is 14.4. The minimum Gasteiger partial charge on any atom is -0.348 e. The molecule has 0 saturated carbocycles. The molecule has 21 heavy (non-hydrogen) atoms. The van der Waals surface area contributed by atoms with Crippen LogP contribution in [0, 0.1) is 6.92 Å². The first-order chi connectivity index (χ1) is 10.2. The summed E-state index contributed by atoms with van der Waals surface area (Å²) in [6.45, 7) is 2.65. The van der Waals surface area contributed by atoms with E-state index >= 15 is 0 Å². The fourth-order valence-electron chi connectivity index (χ4n) is 2.98. The Morgan fingerprint density at radius 2 is 1.86 bits per heavy atom. The van der Waals surface area contributed by atoms with Gasteiger partial charge in [-0.25, -0.2) is 0 Å². The van der Waals surface area contributed by atoms with Crippen LogP contribution in [-0.4, -0.2) is 5.91 Å². The number of nitrogens with one attached hydrogen (secondary N) is 1. The van der Waals surface area contributed by atoms with Crippen LogP contribution in [0.25, 0.3) is 0 Å². The summed E-state index contributed by atoms with van der Waals surface area (Å²) in [5.41, 5.74) is 5.90. The van der Waals surface area contributed by atoms with Crippen molar-refractivity contribution in [3.8, 4) is 0 Å². The summed E-state index contributed by atoms with van der Waals surface area (Å²) < 4.78 is 0. The van der Waals surface area contributed by atoms with Crippen LogP contribution in [0.4, 0.5) is 0 Å². The second-order valence-corrected chi connectivity index (χ2v) is 5.86. The highest BCUT2D eigenvalue weighted by Gasteiger charge is 2.12. The summed E-state index contributed by atoms with van der Waals surface area (Å²) >= 11 is 0. The number of benzene rings is 2.